The molecule has 0 saturated heterocycles. The van der Waals surface area contributed by atoms with Crippen LogP contribution in [0.4, 0.5) is 5.69 Å². The lowest BCUT2D eigenvalue weighted by atomic mass is 10.1. The number of amides is 1. The molecular formula is C21H24Cl3N3O2S. The van der Waals surface area contributed by atoms with Crippen LogP contribution in [0, 0.1) is 13.8 Å². The fraction of sp³-hybridized carbons (Fsp3) is 0.333. The number of thiocarbonyl (C=S) groups is 1. The Morgan fingerprint density at radius 2 is 1.77 bits per heavy atom. The van der Waals surface area contributed by atoms with Gasteiger partial charge in [-0.15, -0.1) is 0 Å². The highest BCUT2D eigenvalue weighted by Gasteiger charge is 2.34. The van der Waals surface area contributed by atoms with E-state index in [1.54, 1.807) is 12.1 Å². The number of ether oxygens (including phenoxy) is 1. The van der Waals surface area contributed by atoms with Gasteiger partial charge in [0.2, 0.25) is 3.79 Å². The second-order valence-electron chi connectivity index (χ2n) is 6.75. The number of aryl methyl sites for hydroxylation is 3. The standard InChI is InChI=1S/C21H24Cl3N3O2S/c1-4-15-7-9-16(10-8-15)29-12-18(28)26-19(21(22,23)24)27-20(30)25-17-11-13(2)5-6-14(17)3/h5-11,19H,4,12H2,1-3H3,(H,26,28)(H2,25,27,30)/t19-/m0/s1. The van der Waals surface area contributed by atoms with Crippen LogP contribution in [0.3, 0.4) is 0 Å². The zero-order valence-corrected chi connectivity index (χ0v) is 20.0. The van der Waals surface area contributed by atoms with E-state index in [1.807, 2.05) is 44.2 Å². The number of halogens is 3. The number of hydrogen-bond donors (Lipinski definition) is 3. The first-order valence-corrected chi connectivity index (χ1v) is 10.8. The summed E-state index contributed by atoms with van der Waals surface area (Å²) in [6, 6.07) is 13.4. The highest BCUT2D eigenvalue weighted by Crippen LogP contribution is 2.29. The van der Waals surface area contributed by atoms with E-state index in [2.05, 4.69) is 22.9 Å². The van der Waals surface area contributed by atoms with Crippen molar-refractivity contribution in [3.63, 3.8) is 0 Å². The Labute approximate surface area is 197 Å². The molecule has 162 valence electrons. The van der Waals surface area contributed by atoms with Crippen molar-refractivity contribution in [2.75, 3.05) is 11.9 Å². The van der Waals surface area contributed by atoms with E-state index < -0.39 is 15.9 Å². The second-order valence-corrected chi connectivity index (χ2v) is 9.52. The average molecular weight is 489 g/mol. The Morgan fingerprint density at radius 1 is 1.10 bits per heavy atom. The number of alkyl halides is 3. The average Bonchev–Trinajstić information content (AvgIpc) is 2.68. The van der Waals surface area contributed by atoms with Crippen molar-refractivity contribution >= 4 is 63.7 Å². The maximum atomic E-state index is 12.3. The third-order valence-corrected chi connectivity index (χ3v) is 5.13. The van der Waals surface area contributed by atoms with Crippen LogP contribution in [0.15, 0.2) is 42.5 Å². The van der Waals surface area contributed by atoms with E-state index in [-0.39, 0.29) is 11.7 Å². The lowest BCUT2D eigenvalue weighted by Crippen LogP contribution is -2.57. The van der Waals surface area contributed by atoms with E-state index >= 15 is 0 Å². The predicted molar refractivity (Wildman–Crippen MR) is 129 cm³/mol. The van der Waals surface area contributed by atoms with Crippen molar-refractivity contribution in [3.8, 4) is 5.75 Å². The molecule has 5 nitrogen and oxygen atoms in total. The Balaban J connectivity index is 1.95. The largest absolute Gasteiger partial charge is 0.484 e. The van der Waals surface area contributed by atoms with Crippen molar-refractivity contribution in [2.24, 2.45) is 0 Å². The van der Waals surface area contributed by atoms with Gasteiger partial charge >= 0.3 is 0 Å². The molecule has 3 N–H and O–H groups in total. The molecule has 30 heavy (non-hydrogen) atoms. The first-order valence-electron chi connectivity index (χ1n) is 9.31. The van der Waals surface area contributed by atoms with Gasteiger partial charge in [-0.25, -0.2) is 0 Å². The second kappa shape index (κ2) is 11.0. The van der Waals surface area contributed by atoms with Gasteiger partial charge < -0.3 is 20.7 Å². The molecule has 2 aromatic carbocycles. The molecule has 0 unspecified atom stereocenters. The van der Waals surface area contributed by atoms with Crippen LogP contribution in [-0.2, 0) is 11.2 Å². The first-order chi connectivity index (χ1) is 14.1. The minimum Gasteiger partial charge on any atom is -0.484 e. The molecule has 0 aliphatic heterocycles. The van der Waals surface area contributed by atoms with Crippen LogP contribution in [0.5, 0.6) is 5.75 Å². The number of carbonyl (C=O) groups is 1. The molecule has 2 rings (SSSR count). The van der Waals surface area contributed by atoms with Gasteiger partial charge in [-0.2, -0.15) is 0 Å². The monoisotopic (exact) mass is 487 g/mol. The summed E-state index contributed by atoms with van der Waals surface area (Å²) in [5, 5.41) is 8.69. The van der Waals surface area contributed by atoms with Crippen molar-refractivity contribution in [3.05, 3.63) is 59.2 Å². The molecule has 2 aromatic rings. The molecule has 0 aliphatic carbocycles. The number of anilines is 1. The Morgan fingerprint density at radius 3 is 2.37 bits per heavy atom. The molecular weight excluding hydrogens is 465 g/mol. The fourth-order valence-electron chi connectivity index (χ4n) is 2.53. The molecule has 1 atom stereocenters. The van der Waals surface area contributed by atoms with Crippen LogP contribution >= 0.6 is 47.0 Å². The van der Waals surface area contributed by atoms with Crippen LogP contribution in [0.25, 0.3) is 0 Å². The minimum atomic E-state index is -1.84. The maximum Gasteiger partial charge on any atom is 0.259 e. The zero-order chi connectivity index (χ0) is 22.3. The molecule has 0 bridgehead atoms. The summed E-state index contributed by atoms with van der Waals surface area (Å²) in [5.41, 5.74) is 4.07. The fourth-order valence-corrected chi connectivity index (χ4v) is 3.09. The van der Waals surface area contributed by atoms with Crippen LogP contribution in [-0.4, -0.2) is 27.6 Å². The lowest BCUT2D eigenvalue weighted by molar-refractivity contribution is -0.123. The molecule has 0 saturated carbocycles. The van der Waals surface area contributed by atoms with Crippen LogP contribution in [0.2, 0.25) is 0 Å². The molecule has 1 amide bonds. The van der Waals surface area contributed by atoms with E-state index in [0.29, 0.717) is 5.75 Å². The Kier molecular flexibility index (Phi) is 9.04. The topological polar surface area (TPSA) is 62.4 Å². The van der Waals surface area contributed by atoms with Gasteiger partial charge in [0.15, 0.2) is 11.7 Å². The van der Waals surface area contributed by atoms with Crippen molar-refractivity contribution in [1.82, 2.24) is 10.6 Å². The van der Waals surface area contributed by atoms with E-state index in [1.165, 1.54) is 5.56 Å². The van der Waals surface area contributed by atoms with Crippen LogP contribution < -0.4 is 20.7 Å². The van der Waals surface area contributed by atoms with Gasteiger partial charge in [0.25, 0.3) is 5.91 Å². The van der Waals surface area contributed by atoms with Crippen molar-refractivity contribution < 1.29 is 9.53 Å². The van der Waals surface area contributed by atoms with Crippen LogP contribution in [0.1, 0.15) is 23.6 Å². The van der Waals surface area contributed by atoms with E-state index in [9.17, 15) is 4.79 Å². The highest BCUT2D eigenvalue weighted by atomic mass is 35.6. The molecule has 0 radical (unpaired) electrons. The van der Waals surface area contributed by atoms with Crippen molar-refractivity contribution in [1.29, 1.82) is 0 Å². The van der Waals surface area contributed by atoms with Gasteiger partial charge in [-0.1, -0.05) is 66.0 Å². The summed E-state index contributed by atoms with van der Waals surface area (Å²) in [4.78, 5) is 12.3. The number of rotatable bonds is 7. The third kappa shape index (κ3) is 7.84. The van der Waals surface area contributed by atoms with Gasteiger partial charge in [-0.05, 0) is 67.4 Å². The normalized spacial score (nSPS) is 12.1. The highest BCUT2D eigenvalue weighted by molar-refractivity contribution is 7.80. The SMILES string of the molecule is CCc1ccc(OCC(=O)N[C@@H](NC(=S)Nc2cc(C)ccc2C)C(Cl)(Cl)Cl)cc1. The molecule has 0 aromatic heterocycles. The summed E-state index contributed by atoms with van der Waals surface area (Å²) in [6.07, 6.45) is -0.140. The summed E-state index contributed by atoms with van der Waals surface area (Å²) in [7, 11) is 0. The molecule has 0 spiro atoms. The number of benzene rings is 2. The molecule has 0 fully saturated rings. The smallest absolute Gasteiger partial charge is 0.259 e. The first kappa shape index (κ1) is 24.5. The van der Waals surface area contributed by atoms with Gasteiger partial charge in [0, 0.05) is 5.69 Å². The summed E-state index contributed by atoms with van der Waals surface area (Å²) in [5.74, 6) is 0.112. The minimum absolute atomic E-state index is 0.205. The number of hydrogen-bond acceptors (Lipinski definition) is 3. The van der Waals surface area contributed by atoms with Crippen molar-refractivity contribution in [2.45, 2.75) is 37.2 Å². The quantitative estimate of drug-likeness (QED) is 0.289. The third-order valence-electron chi connectivity index (χ3n) is 4.25. The lowest BCUT2D eigenvalue weighted by Gasteiger charge is -2.28. The number of nitrogens with one attached hydrogen (secondary N) is 3. The van der Waals surface area contributed by atoms with Gasteiger partial charge in [0.05, 0.1) is 0 Å². The molecule has 0 heterocycles. The summed E-state index contributed by atoms with van der Waals surface area (Å²) in [6.45, 7) is 5.75. The number of carbonyl (C=O) groups excluding carboxylic acids is 1. The summed E-state index contributed by atoms with van der Waals surface area (Å²) >= 11 is 23.4. The Bertz CT molecular complexity index is 886. The van der Waals surface area contributed by atoms with E-state index in [4.69, 9.17) is 51.8 Å². The summed E-state index contributed by atoms with van der Waals surface area (Å²) < 4.78 is 3.65. The molecule has 0 aliphatic rings. The Hall–Kier alpha value is -1.73. The maximum absolute atomic E-state index is 12.3. The van der Waals surface area contributed by atoms with Gasteiger partial charge in [0.1, 0.15) is 11.9 Å². The predicted octanol–water partition coefficient (Wildman–Crippen LogP) is 5.04. The van der Waals surface area contributed by atoms with E-state index in [0.717, 1.165) is 23.2 Å². The molecule has 9 heteroatoms. The zero-order valence-electron chi connectivity index (χ0n) is 16.9. The van der Waals surface area contributed by atoms with Gasteiger partial charge in [-0.3, -0.25) is 4.79 Å².